The molecule has 6 heteroatoms. The van der Waals surface area contributed by atoms with Crippen molar-refractivity contribution in [3.8, 4) is 0 Å². The molecule has 5 nitrogen and oxygen atoms in total. The Morgan fingerprint density at radius 3 is 2.71 bits per heavy atom. The molecule has 2 aromatic heterocycles. The van der Waals surface area contributed by atoms with Crippen molar-refractivity contribution >= 4 is 28.3 Å². The fourth-order valence-electron chi connectivity index (χ4n) is 2.06. The molecule has 21 heavy (non-hydrogen) atoms. The van der Waals surface area contributed by atoms with Crippen LogP contribution in [0.3, 0.4) is 0 Å². The van der Waals surface area contributed by atoms with Crippen LogP contribution in [-0.2, 0) is 6.42 Å². The molecular formula is C15H14N4OS. The zero-order chi connectivity index (χ0) is 14.7. The number of carbonyl (C=O) groups is 1. The molecule has 1 aromatic carbocycles. The third kappa shape index (κ3) is 3.05. The summed E-state index contributed by atoms with van der Waals surface area (Å²) in [5, 5.41) is 2.98. The van der Waals surface area contributed by atoms with E-state index >= 15 is 0 Å². The van der Waals surface area contributed by atoms with Crippen LogP contribution in [0.2, 0.25) is 0 Å². The second kappa shape index (κ2) is 5.97. The number of amides is 1. The van der Waals surface area contributed by atoms with E-state index in [0.717, 1.165) is 22.5 Å². The molecule has 1 amide bonds. The summed E-state index contributed by atoms with van der Waals surface area (Å²) >= 11 is 1.61. The van der Waals surface area contributed by atoms with Gasteiger partial charge in [-0.3, -0.25) is 14.8 Å². The lowest BCUT2D eigenvalue weighted by molar-refractivity contribution is 0.0797. The molecule has 0 aliphatic carbocycles. The van der Waals surface area contributed by atoms with E-state index in [0.29, 0.717) is 12.1 Å². The topological polar surface area (TPSA) is 59.0 Å². The number of carbonyl (C=O) groups excluding carboxylic acids is 1. The number of benzene rings is 1. The van der Waals surface area contributed by atoms with Crippen LogP contribution in [0.15, 0.2) is 42.2 Å². The molecule has 0 aliphatic heterocycles. The summed E-state index contributed by atoms with van der Waals surface area (Å²) in [7, 11) is 1.80. The second-order valence-electron chi connectivity index (χ2n) is 4.66. The van der Waals surface area contributed by atoms with Crippen molar-refractivity contribution in [1.29, 1.82) is 0 Å². The fourth-order valence-corrected chi connectivity index (χ4v) is 2.67. The van der Waals surface area contributed by atoms with Gasteiger partial charge in [-0.15, -0.1) is 11.3 Å². The number of aromatic nitrogens is 3. The SMILES string of the molecule is CN(CCc1nccs1)C(=O)c1ccc2nccnc2c1. The quantitative estimate of drug-likeness (QED) is 0.742. The van der Waals surface area contributed by atoms with Gasteiger partial charge in [-0.05, 0) is 18.2 Å². The number of hydrogen-bond donors (Lipinski definition) is 0. The van der Waals surface area contributed by atoms with Crippen molar-refractivity contribution in [3.63, 3.8) is 0 Å². The van der Waals surface area contributed by atoms with Gasteiger partial charge in [-0.1, -0.05) is 0 Å². The van der Waals surface area contributed by atoms with Crippen molar-refractivity contribution in [2.45, 2.75) is 6.42 Å². The van der Waals surface area contributed by atoms with Gasteiger partial charge in [-0.2, -0.15) is 0 Å². The Labute approximate surface area is 126 Å². The van der Waals surface area contributed by atoms with Crippen LogP contribution in [0, 0.1) is 0 Å². The van der Waals surface area contributed by atoms with Crippen molar-refractivity contribution in [3.05, 3.63) is 52.7 Å². The number of rotatable bonds is 4. The lowest BCUT2D eigenvalue weighted by atomic mass is 10.1. The van der Waals surface area contributed by atoms with Gasteiger partial charge in [0.05, 0.1) is 16.0 Å². The highest BCUT2D eigenvalue weighted by Crippen LogP contribution is 2.13. The summed E-state index contributed by atoms with van der Waals surface area (Å²) in [4.78, 5) is 26.8. The highest BCUT2D eigenvalue weighted by molar-refractivity contribution is 7.09. The average Bonchev–Trinajstić information content (AvgIpc) is 3.05. The highest BCUT2D eigenvalue weighted by atomic mass is 32.1. The van der Waals surface area contributed by atoms with E-state index in [-0.39, 0.29) is 5.91 Å². The summed E-state index contributed by atoms with van der Waals surface area (Å²) in [5.41, 5.74) is 2.15. The monoisotopic (exact) mass is 298 g/mol. The Morgan fingerprint density at radius 1 is 1.14 bits per heavy atom. The van der Waals surface area contributed by atoms with Crippen molar-refractivity contribution in [1.82, 2.24) is 19.9 Å². The number of nitrogens with zero attached hydrogens (tertiary/aromatic N) is 4. The predicted octanol–water partition coefficient (Wildman–Crippen LogP) is 2.40. The first-order chi connectivity index (χ1) is 10.2. The molecule has 0 spiro atoms. The molecule has 3 rings (SSSR count). The van der Waals surface area contributed by atoms with E-state index < -0.39 is 0 Å². The molecule has 0 fully saturated rings. The van der Waals surface area contributed by atoms with Gasteiger partial charge in [0.15, 0.2) is 0 Å². The Kier molecular flexibility index (Phi) is 3.87. The maximum Gasteiger partial charge on any atom is 0.253 e. The molecular weight excluding hydrogens is 284 g/mol. The Morgan fingerprint density at radius 2 is 1.95 bits per heavy atom. The third-order valence-electron chi connectivity index (χ3n) is 3.21. The van der Waals surface area contributed by atoms with Gasteiger partial charge in [0, 0.05) is 49.5 Å². The van der Waals surface area contributed by atoms with Crippen LogP contribution >= 0.6 is 11.3 Å². The van der Waals surface area contributed by atoms with E-state index in [1.807, 2.05) is 11.4 Å². The van der Waals surface area contributed by atoms with Crippen LogP contribution in [0.25, 0.3) is 11.0 Å². The minimum Gasteiger partial charge on any atom is -0.341 e. The maximum atomic E-state index is 12.4. The summed E-state index contributed by atoms with van der Waals surface area (Å²) < 4.78 is 0. The molecule has 0 N–H and O–H groups in total. The zero-order valence-electron chi connectivity index (χ0n) is 11.6. The fraction of sp³-hybridized carbons (Fsp3) is 0.200. The Bertz CT molecular complexity index is 757. The van der Waals surface area contributed by atoms with Gasteiger partial charge in [-0.25, -0.2) is 4.98 Å². The zero-order valence-corrected chi connectivity index (χ0v) is 12.4. The summed E-state index contributed by atoms with van der Waals surface area (Å²) in [6.07, 6.45) is 5.82. The predicted molar refractivity (Wildman–Crippen MR) is 82.3 cm³/mol. The highest BCUT2D eigenvalue weighted by Gasteiger charge is 2.13. The lowest BCUT2D eigenvalue weighted by Gasteiger charge is -2.16. The lowest BCUT2D eigenvalue weighted by Crippen LogP contribution is -2.28. The van der Waals surface area contributed by atoms with Gasteiger partial charge < -0.3 is 4.90 Å². The molecule has 0 bridgehead atoms. The second-order valence-corrected chi connectivity index (χ2v) is 5.64. The van der Waals surface area contributed by atoms with Crippen molar-refractivity contribution in [2.75, 3.05) is 13.6 Å². The van der Waals surface area contributed by atoms with E-state index in [4.69, 9.17) is 0 Å². The van der Waals surface area contributed by atoms with Gasteiger partial charge in [0.25, 0.3) is 5.91 Å². The Hall–Kier alpha value is -2.34. The minimum atomic E-state index is -0.0147. The summed E-state index contributed by atoms with van der Waals surface area (Å²) in [6, 6.07) is 5.40. The van der Waals surface area contributed by atoms with Crippen molar-refractivity contribution < 1.29 is 4.79 Å². The van der Waals surface area contributed by atoms with E-state index in [1.165, 1.54) is 0 Å². The molecule has 0 unspecified atom stereocenters. The first-order valence-electron chi connectivity index (χ1n) is 6.58. The summed E-state index contributed by atoms with van der Waals surface area (Å²) in [5.74, 6) is -0.0147. The van der Waals surface area contributed by atoms with Gasteiger partial charge in [0.2, 0.25) is 0 Å². The third-order valence-corrected chi connectivity index (χ3v) is 4.05. The number of hydrogen-bond acceptors (Lipinski definition) is 5. The molecule has 0 radical (unpaired) electrons. The molecule has 2 heterocycles. The molecule has 3 aromatic rings. The first kappa shape index (κ1) is 13.6. The summed E-state index contributed by atoms with van der Waals surface area (Å²) in [6.45, 7) is 0.644. The smallest absolute Gasteiger partial charge is 0.253 e. The normalized spacial score (nSPS) is 10.7. The first-order valence-corrected chi connectivity index (χ1v) is 7.46. The van der Waals surface area contributed by atoms with E-state index in [1.54, 1.807) is 54.0 Å². The van der Waals surface area contributed by atoms with Gasteiger partial charge in [0.1, 0.15) is 0 Å². The Balaban J connectivity index is 1.73. The van der Waals surface area contributed by atoms with Crippen LogP contribution < -0.4 is 0 Å². The van der Waals surface area contributed by atoms with Gasteiger partial charge >= 0.3 is 0 Å². The standard InChI is InChI=1S/C15H14N4OS/c1-19(8-4-14-18-7-9-21-14)15(20)11-2-3-12-13(10-11)17-6-5-16-12/h2-3,5-7,9-10H,4,8H2,1H3. The van der Waals surface area contributed by atoms with Crippen molar-refractivity contribution in [2.24, 2.45) is 0 Å². The molecule has 0 atom stereocenters. The number of fused-ring (bicyclic) bond motifs is 1. The maximum absolute atomic E-state index is 12.4. The molecule has 106 valence electrons. The van der Waals surface area contributed by atoms with E-state index in [9.17, 15) is 4.79 Å². The molecule has 0 saturated carbocycles. The van der Waals surface area contributed by atoms with E-state index in [2.05, 4.69) is 15.0 Å². The minimum absolute atomic E-state index is 0.0147. The average molecular weight is 298 g/mol. The van der Waals surface area contributed by atoms with Crippen LogP contribution in [0.5, 0.6) is 0 Å². The van der Waals surface area contributed by atoms with Crippen LogP contribution in [0.4, 0.5) is 0 Å². The van der Waals surface area contributed by atoms with Crippen LogP contribution in [-0.4, -0.2) is 39.4 Å². The largest absolute Gasteiger partial charge is 0.341 e. The number of thiazole rings is 1. The molecule has 0 aliphatic rings. The number of likely N-dealkylation sites (N-methyl/N-ethyl adjacent to an activating group) is 1. The molecule has 0 saturated heterocycles. The van der Waals surface area contributed by atoms with Crippen LogP contribution in [0.1, 0.15) is 15.4 Å².